The standard InChI is InChI=1S/C13H25N3O2.ClH/c1-13(2,3)11(12(15)18)16-10(17)7-8-5-4-6-9(8)14;/h8-9,11H,4-7,14H2,1-3H3,(H2,15,18)(H,16,17);1H/t8-,9+,11?;/m0./s1. The van der Waals surface area contributed by atoms with Gasteiger partial charge in [-0.1, -0.05) is 27.2 Å². The Morgan fingerprint density at radius 1 is 1.32 bits per heavy atom. The molecule has 0 heterocycles. The zero-order valence-corrected chi connectivity index (χ0v) is 12.8. The van der Waals surface area contributed by atoms with Crippen LogP contribution in [-0.2, 0) is 9.59 Å². The Morgan fingerprint density at radius 2 is 1.89 bits per heavy atom. The monoisotopic (exact) mass is 291 g/mol. The van der Waals surface area contributed by atoms with Crippen LogP contribution in [0.25, 0.3) is 0 Å². The molecule has 0 aromatic heterocycles. The summed E-state index contributed by atoms with van der Waals surface area (Å²) < 4.78 is 0. The molecule has 19 heavy (non-hydrogen) atoms. The maximum absolute atomic E-state index is 11.9. The Hall–Kier alpha value is -0.810. The van der Waals surface area contributed by atoms with Crippen LogP contribution in [0.1, 0.15) is 46.5 Å². The molecule has 1 aliphatic rings. The molecule has 1 unspecified atom stereocenters. The highest BCUT2D eigenvalue weighted by molar-refractivity contribution is 5.87. The first-order valence-corrected chi connectivity index (χ1v) is 6.56. The molecule has 0 aromatic rings. The van der Waals surface area contributed by atoms with E-state index in [9.17, 15) is 9.59 Å². The van der Waals surface area contributed by atoms with E-state index in [1.165, 1.54) is 0 Å². The number of primary amides is 1. The third kappa shape index (κ3) is 5.37. The molecule has 5 nitrogen and oxygen atoms in total. The Kier molecular flexibility index (Phi) is 6.80. The van der Waals surface area contributed by atoms with E-state index in [2.05, 4.69) is 5.32 Å². The van der Waals surface area contributed by atoms with Crippen LogP contribution in [0.5, 0.6) is 0 Å². The number of rotatable bonds is 4. The molecule has 0 radical (unpaired) electrons. The van der Waals surface area contributed by atoms with Crippen molar-refractivity contribution < 1.29 is 9.59 Å². The fraction of sp³-hybridized carbons (Fsp3) is 0.846. The number of hydrogen-bond donors (Lipinski definition) is 3. The van der Waals surface area contributed by atoms with Crippen molar-refractivity contribution in [2.45, 2.75) is 58.5 Å². The predicted molar refractivity (Wildman–Crippen MR) is 77.8 cm³/mol. The first kappa shape index (κ1) is 18.2. The molecule has 2 amide bonds. The third-order valence-electron chi connectivity index (χ3n) is 3.62. The maximum Gasteiger partial charge on any atom is 0.240 e. The lowest BCUT2D eigenvalue weighted by Gasteiger charge is -2.29. The Morgan fingerprint density at radius 3 is 2.26 bits per heavy atom. The van der Waals surface area contributed by atoms with Gasteiger partial charge in [-0.25, -0.2) is 0 Å². The Bertz CT molecular complexity index is 328. The van der Waals surface area contributed by atoms with E-state index in [0.717, 1.165) is 19.3 Å². The summed E-state index contributed by atoms with van der Waals surface area (Å²) in [4.78, 5) is 23.3. The summed E-state index contributed by atoms with van der Waals surface area (Å²) in [6.45, 7) is 5.64. The van der Waals surface area contributed by atoms with Crippen molar-refractivity contribution in [2.75, 3.05) is 0 Å². The van der Waals surface area contributed by atoms with Gasteiger partial charge in [0, 0.05) is 12.5 Å². The van der Waals surface area contributed by atoms with Gasteiger partial charge in [0.15, 0.2) is 0 Å². The van der Waals surface area contributed by atoms with E-state index in [1.54, 1.807) is 0 Å². The fourth-order valence-electron chi connectivity index (χ4n) is 2.49. The van der Waals surface area contributed by atoms with Gasteiger partial charge in [0.05, 0.1) is 0 Å². The van der Waals surface area contributed by atoms with Gasteiger partial charge in [-0.3, -0.25) is 9.59 Å². The van der Waals surface area contributed by atoms with Crippen LogP contribution in [0.4, 0.5) is 0 Å². The topological polar surface area (TPSA) is 98.2 Å². The number of nitrogens with two attached hydrogens (primary N) is 2. The molecule has 0 spiro atoms. The molecule has 0 aliphatic heterocycles. The fourth-order valence-corrected chi connectivity index (χ4v) is 2.49. The molecule has 5 N–H and O–H groups in total. The molecule has 1 saturated carbocycles. The van der Waals surface area contributed by atoms with Crippen LogP contribution in [0.2, 0.25) is 0 Å². The largest absolute Gasteiger partial charge is 0.368 e. The maximum atomic E-state index is 11.9. The molecular formula is C13H26ClN3O2. The van der Waals surface area contributed by atoms with Gasteiger partial charge >= 0.3 is 0 Å². The Labute approximate surface area is 121 Å². The highest BCUT2D eigenvalue weighted by Crippen LogP contribution is 2.27. The van der Waals surface area contributed by atoms with Crippen LogP contribution in [-0.4, -0.2) is 23.9 Å². The van der Waals surface area contributed by atoms with Crippen molar-refractivity contribution in [3.8, 4) is 0 Å². The molecule has 1 fully saturated rings. The average Bonchev–Trinajstić information content (AvgIpc) is 2.59. The van der Waals surface area contributed by atoms with Gasteiger partial charge in [0.1, 0.15) is 6.04 Å². The minimum absolute atomic E-state index is 0. The van der Waals surface area contributed by atoms with Gasteiger partial charge in [0.2, 0.25) is 11.8 Å². The van der Waals surface area contributed by atoms with E-state index in [0.29, 0.717) is 6.42 Å². The zero-order chi connectivity index (χ0) is 13.9. The zero-order valence-electron chi connectivity index (χ0n) is 11.9. The van der Waals surface area contributed by atoms with Gasteiger partial charge in [-0.15, -0.1) is 12.4 Å². The predicted octanol–water partition coefficient (Wildman–Crippen LogP) is 0.942. The summed E-state index contributed by atoms with van der Waals surface area (Å²) >= 11 is 0. The van der Waals surface area contributed by atoms with E-state index in [4.69, 9.17) is 11.5 Å². The quantitative estimate of drug-likeness (QED) is 0.719. The second kappa shape index (κ2) is 7.10. The van der Waals surface area contributed by atoms with Crippen molar-refractivity contribution in [1.82, 2.24) is 5.32 Å². The SMILES string of the molecule is CC(C)(C)C(NC(=O)C[C@@H]1CCC[C@H]1N)C(N)=O.Cl. The third-order valence-corrected chi connectivity index (χ3v) is 3.62. The number of carbonyl (C=O) groups is 2. The van der Waals surface area contributed by atoms with E-state index in [1.807, 2.05) is 20.8 Å². The molecular weight excluding hydrogens is 266 g/mol. The number of halogens is 1. The smallest absolute Gasteiger partial charge is 0.240 e. The molecule has 6 heteroatoms. The van der Waals surface area contributed by atoms with Crippen LogP contribution >= 0.6 is 12.4 Å². The highest BCUT2D eigenvalue weighted by atomic mass is 35.5. The van der Waals surface area contributed by atoms with E-state index < -0.39 is 11.9 Å². The van der Waals surface area contributed by atoms with E-state index in [-0.39, 0.29) is 35.7 Å². The molecule has 0 aromatic carbocycles. The van der Waals surface area contributed by atoms with Gasteiger partial charge in [-0.2, -0.15) is 0 Å². The van der Waals surface area contributed by atoms with Crippen LogP contribution < -0.4 is 16.8 Å². The normalized spacial score (nSPS) is 24.4. The van der Waals surface area contributed by atoms with Crippen molar-refractivity contribution >= 4 is 24.2 Å². The van der Waals surface area contributed by atoms with Crippen LogP contribution in [0, 0.1) is 11.3 Å². The summed E-state index contributed by atoms with van der Waals surface area (Å²) in [7, 11) is 0. The summed E-state index contributed by atoms with van der Waals surface area (Å²) in [6, 6.07) is -0.528. The molecule has 1 aliphatic carbocycles. The number of amides is 2. The lowest BCUT2D eigenvalue weighted by Crippen LogP contribution is -2.52. The average molecular weight is 292 g/mol. The number of nitrogens with one attached hydrogen (secondary N) is 1. The molecule has 1 rings (SSSR count). The summed E-state index contributed by atoms with van der Waals surface area (Å²) in [5.74, 6) is -0.388. The second-order valence-corrected chi connectivity index (χ2v) is 6.33. The van der Waals surface area contributed by atoms with Gasteiger partial charge in [0.25, 0.3) is 0 Å². The molecule has 3 atom stereocenters. The molecule has 112 valence electrons. The first-order chi connectivity index (χ1) is 8.21. The minimum atomic E-state index is -0.636. The van der Waals surface area contributed by atoms with E-state index >= 15 is 0 Å². The van der Waals surface area contributed by atoms with Crippen molar-refractivity contribution in [3.63, 3.8) is 0 Å². The van der Waals surface area contributed by atoms with Crippen LogP contribution in [0.15, 0.2) is 0 Å². The lowest BCUT2D eigenvalue weighted by molar-refractivity contribution is -0.130. The Balaban J connectivity index is 0.00000324. The van der Waals surface area contributed by atoms with Gasteiger partial charge < -0.3 is 16.8 Å². The van der Waals surface area contributed by atoms with Crippen molar-refractivity contribution in [2.24, 2.45) is 22.8 Å². The lowest BCUT2D eigenvalue weighted by atomic mass is 9.86. The highest BCUT2D eigenvalue weighted by Gasteiger charge is 2.32. The van der Waals surface area contributed by atoms with Gasteiger partial charge in [-0.05, 0) is 24.2 Å². The first-order valence-electron chi connectivity index (χ1n) is 6.56. The second-order valence-electron chi connectivity index (χ2n) is 6.33. The summed E-state index contributed by atoms with van der Waals surface area (Å²) in [6.07, 6.45) is 3.44. The van der Waals surface area contributed by atoms with Crippen molar-refractivity contribution in [3.05, 3.63) is 0 Å². The molecule has 0 bridgehead atoms. The van der Waals surface area contributed by atoms with Crippen LogP contribution in [0.3, 0.4) is 0 Å². The molecule has 0 saturated heterocycles. The minimum Gasteiger partial charge on any atom is -0.368 e. The van der Waals surface area contributed by atoms with Crippen molar-refractivity contribution in [1.29, 1.82) is 0 Å². The summed E-state index contributed by atoms with van der Waals surface area (Å²) in [5.41, 5.74) is 10.9. The number of hydrogen-bond acceptors (Lipinski definition) is 3. The number of carbonyl (C=O) groups excluding carboxylic acids is 2. The summed E-state index contributed by atoms with van der Waals surface area (Å²) in [5, 5.41) is 2.73.